The van der Waals surface area contributed by atoms with Gasteiger partial charge in [0.1, 0.15) is 5.76 Å². The Bertz CT molecular complexity index is 1240. The lowest BCUT2D eigenvalue weighted by Gasteiger charge is -2.15. The fraction of sp³-hybridized carbons (Fsp3) is 0.0833. The molecule has 1 saturated heterocycles. The molecule has 0 spiro atoms. The van der Waals surface area contributed by atoms with Crippen molar-refractivity contribution < 1.29 is 9.21 Å². The smallest absolute Gasteiger partial charge is 0.266 e. The van der Waals surface area contributed by atoms with Gasteiger partial charge in [-0.1, -0.05) is 36.4 Å². The van der Waals surface area contributed by atoms with E-state index in [0.29, 0.717) is 22.4 Å². The van der Waals surface area contributed by atoms with Crippen LogP contribution in [0.5, 0.6) is 0 Å². The highest BCUT2D eigenvalue weighted by molar-refractivity contribution is 8.18. The highest BCUT2D eigenvalue weighted by atomic mass is 32.2. The second-order valence-electron chi connectivity index (χ2n) is 6.92. The summed E-state index contributed by atoms with van der Waals surface area (Å²) in [5, 5.41) is 1.87. The van der Waals surface area contributed by atoms with Crippen molar-refractivity contribution >= 4 is 45.5 Å². The number of aromatic amines is 1. The molecule has 0 aliphatic carbocycles. The molecule has 1 amide bonds. The van der Waals surface area contributed by atoms with Crippen LogP contribution in [-0.4, -0.2) is 27.5 Å². The van der Waals surface area contributed by atoms with Crippen molar-refractivity contribution in [1.29, 1.82) is 0 Å². The number of thioether (sulfide) groups is 1. The highest BCUT2D eigenvalue weighted by Gasteiger charge is 2.33. The quantitative estimate of drug-likeness (QED) is 0.433. The summed E-state index contributed by atoms with van der Waals surface area (Å²) in [4.78, 5) is 23.6. The summed E-state index contributed by atoms with van der Waals surface area (Å²) in [6.07, 6.45) is 6.13. The molecule has 1 aliphatic rings. The zero-order valence-corrected chi connectivity index (χ0v) is 16.9. The van der Waals surface area contributed by atoms with Crippen molar-refractivity contribution in [1.82, 2.24) is 9.88 Å². The number of hydrogen-bond donors (Lipinski definition) is 1. The van der Waals surface area contributed by atoms with E-state index in [2.05, 4.69) is 17.1 Å². The number of aliphatic imine (C=N–C) groups is 1. The second-order valence-corrected chi connectivity index (χ2v) is 7.93. The zero-order chi connectivity index (χ0) is 20.3. The fourth-order valence-electron chi connectivity index (χ4n) is 3.47. The van der Waals surface area contributed by atoms with Crippen molar-refractivity contribution in [2.75, 3.05) is 6.54 Å². The van der Waals surface area contributed by atoms with Crippen LogP contribution in [0.3, 0.4) is 0 Å². The predicted octanol–water partition coefficient (Wildman–Crippen LogP) is 5.61. The first kappa shape index (κ1) is 18.5. The van der Waals surface area contributed by atoms with E-state index in [9.17, 15) is 4.79 Å². The van der Waals surface area contributed by atoms with Gasteiger partial charge in [-0.15, -0.1) is 0 Å². The number of benzene rings is 2. The number of para-hydroxylation sites is 2. The van der Waals surface area contributed by atoms with Gasteiger partial charge in [0.15, 0.2) is 5.17 Å². The highest BCUT2D eigenvalue weighted by Crippen LogP contribution is 2.34. The molecule has 0 bridgehead atoms. The van der Waals surface area contributed by atoms with E-state index in [1.54, 1.807) is 17.2 Å². The Hall–Kier alpha value is -3.51. The van der Waals surface area contributed by atoms with E-state index >= 15 is 0 Å². The van der Waals surface area contributed by atoms with E-state index < -0.39 is 0 Å². The molecule has 0 atom stereocenters. The number of fused-ring (bicyclic) bond motifs is 1. The van der Waals surface area contributed by atoms with E-state index in [-0.39, 0.29) is 5.91 Å². The summed E-state index contributed by atoms with van der Waals surface area (Å²) in [5.41, 5.74) is 3.11. The first-order chi connectivity index (χ1) is 14.8. The standard InChI is InChI=1S/C24H19N3O2S/c28-23-22(15-19-9-6-14-29-19)30-24(26-18-7-2-1-3-8-18)27(23)13-12-17-16-25-21-11-5-4-10-20(17)21/h1-11,14-16,25H,12-13H2/b22-15+,26-24?. The Labute approximate surface area is 178 Å². The van der Waals surface area contributed by atoms with E-state index in [0.717, 1.165) is 17.6 Å². The lowest BCUT2D eigenvalue weighted by atomic mass is 10.1. The average molecular weight is 414 g/mol. The Morgan fingerprint density at radius 2 is 1.87 bits per heavy atom. The molecule has 1 fully saturated rings. The number of nitrogens with one attached hydrogen (secondary N) is 1. The number of H-pyrrole nitrogens is 1. The minimum absolute atomic E-state index is 0.0501. The SMILES string of the molecule is O=C1/C(=C\c2ccco2)SC(=Nc2ccccc2)N1CCc1c[nH]c2ccccc12. The molecule has 30 heavy (non-hydrogen) atoms. The topological polar surface area (TPSA) is 61.6 Å². The molecule has 0 radical (unpaired) electrons. The molecule has 2 aromatic heterocycles. The van der Waals surface area contributed by atoms with Gasteiger partial charge >= 0.3 is 0 Å². The van der Waals surface area contributed by atoms with Crippen molar-refractivity contribution in [3.05, 3.63) is 95.4 Å². The minimum Gasteiger partial charge on any atom is -0.465 e. The summed E-state index contributed by atoms with van der Waals surface area (Å²) in [6, 6.07) is 21.6. The van der Waals surface area contributed by atoms with Gasteiger partial charge < -0.3 is 9.40 Å². The van der Waals surface area contributed by atoms with Crippen LogP contribution in [0, 0.1) is 0 Å². The van der Waals surface area contributed by atoms with E-state index in [1.165, 1.54) is 22.7 Å². The van der Waals surface area contributed by atoms with Crippen LogP contribution in [0.4, 0.5) is 5.69 Å². The summed E-state index contributed by atoms with van der Waals surface area (Å²) >= 11 is 1.38. The van der Waals surface area contributed by atoms with Crippen LogP contribution in [0.15, 0.2) is 93.5 Å². The molecule has 5 rings (SSSR count). The maximum Gasteiger partial charge on any atom is 0.266 e. The number of carbonyl (C=O) groups excluding carboxylic acids is 1. The van der Waals surface area contributed by atoms with Crippen LogP contribution >= 0.6 is 11.8 Å². The molecular formula is C24H19N3O2S. The third-order valence-electron chi connectivity index (χ3n) is 4.97. The number of amides is 1. The van der Waals surface area contributed by atoms with Gasteiger partial charge in [0.05, 0.1) is 16.9 Å². The van der Waals surface area contributed by atoms with Crippen molar-refractivity contribution in [3.8, 4) is 0 Å². The third-order valence-corrected chi connectivity index (χ3v) is 5.97. The van der Waals surface area contributed by atoms with Crippen molar-refractivity contribution in [2.24, 2.45) is 4.99 Å². The molecule has 1 N–H and O–H groups in total. The van der Waals surface area contributed by atoms with Gasteiger partial charge in [-0.2, -0.15) is 0 Å². The Morgan fingerprint density at radius 3 is 2.70 bits per heavy atom. The molecule has 2 aromatic carbocycles. The number of nitrogens with zero attached hydrogens (tertiary/aromatic N) is 2. The molecule has 1 aliphatic heterocycles. The average Bonchev–Trinajstić information content (AvgIpc) is 3.49. The molecule has 3 heterocycles. The van der Waals surface area contributed by atoms with Crippen LogP contribution in [0.25, 0.3) is 17.0 Å². The first-order valence-electron chi connectivity index (χ1n) is 9.71. The number of carbonyl (C=O) groups is 1. The van der Waals surface area contributed by atoms with Crippen molar-refractivity contribution in [3.63, 3.8) is 0 Å². The molecule has 4 aromatic rings. The normalized spacial score (nSPS) is 16.9. The molecule has 0 unspecified atom stereocenters. The van der Waals surface area contributed by atoms with Crippen LogP contribution in [-0.2, 0) is 11.2 Å². The Morgan fingerprint density at radius 1 is 1.03 bits per heavy atom. The first-order valence-corrected chi connectivity index (χ1v) is 10.5. The maximum absolute atomic E-state index is 13.2. The molecule has 5 nitrogen and oxygen atoms in total. The zero-order valence-electron chi connectivity index (χ0n) is 16.1. The van der Waals surface area contributed by atoms with Gasteiger partial charge in [-0.05, 0) is 54.1 Å². The van der Waals surface area contributed by atoms with Crippen molar-refractivity contribution in [2.45, 2.75) is 6.42 Å². The number of furan rings is 1. The second kappa shape index (κ2) is 8.08. The number of aromatic nitrogens is 1. The molecule has 0 saturated carbocycles. The van der Waals surface area contributed by atoms with Gasteiger partial charge in [-0.25, -0.2) is 4.99 Å². The lowest BCUT2D eigenvalue weighted by molar-refractivity contribution is -0.122. The Kier molecular flexibility index (Phi) is 4.99. The molecular weight excluding hydrogens is 394 g/mol. The summed E-state index contributed by atoms with van der Waals surface area (Å²) in [6.45, 7) is 0.550. The van der Waals surface area contributed by atoms with E-state index in [1.807, 2.05) is 60.8 Å². The van der Waals surface area contributed by atoms with Gasteiger partial charge in [0.25, 0.3) is 5.91 Å². The molecule has 148 valence electrons. The summed E-state index contributed by atoms with van der Waals surface area (Å²) < 4.78 is 5.40. The van der Waals surface area contributed by atoms with Gasteiger partial charge in [-0.3, -0.25) is 9.69 Å². The van der Waals surface area contributed by atoms with Crippen LogP contribution < -0.4 is 0 Å². The fourth-order valence-corrected chi connectivity index (χ4v) is 4.48. The lowest BCUT2D eigenvalue weighted by Crippen LogP contribution is -2.31. The number of amidine groups is 1. The van der Waals surface area contributed by atoms with E-state index in [4.69, 9.17) is 9.41 Å². The van der Waals surface area contributed by atoms with Crippen LogP contribution in [0.1, 0.15) is 11.3 Å². The Balaban J connectivity index is 1.45. The van der Waals surface area contributed by atoms with Crippen LogP contribution in [0.2, 0.25) is 0 Å². The number of rotatable bonds is 5. The monoisotopic (exact) mass is 413 g/mol. The predicted molar refractivity (Wildman–Crippen MR) is 122 cm³/mol. The number of hydrogen-bond acceptors (Lipinski definition) is 4. The largest absolute Gasteiger partial charge is 0.465 e. The molecule has 6 heteroatoms. The third kappa shape index (κ3) is 3.69. The summed E-state index contributed by atoms with van der Waals surface area (Å²) in [5.74, 6) is 0.606. The van der Waals surface area contributed by atoms with Gasteiger partial charge in [0, 0.05) is 29.7 Å². The summed E-state index contributed by atoms with van der Waals surface area (Å²) in [7, 11) is 0. The maximum atomic E-state index is 13.2. The van der Waals surface area contributed by atoms with Gasteiger partial charge in [0.2, 0.25) is 0 Å². The minimum atomic E-state index is -0.0501.